The van der Waals surface area contributed by atoms with Crippen molar-refractivity contribution < 1.29 is 28.6 Å². The van der Waals surface area contributed by atoms with Crippen molar-refractivity contribution in [3.63, 3.8) is 0 Å². The van der Waals surface area contributed by atoms with E-state index in [2.05, 4.69) is 20.7 Å². The van der Waals surface area contributed by atoms with Crippen LogP contribution < -0.4 is 9.64 Å². The molecule has 1 aliphatic heterocycles. The Kier molecular flexibility index (Phi) is 6.91. The van der Waals surface area contributed by atoms with Gasteiger partial charge in [0.1, 0.15) is 11.3 Å². The Morgan fingerprint density at radius 1 is 1.00 bits per heavy atom. The van der Waals surface area contributed by atoms with Crippen molar-refractivity contribution in [3.05, 3.63) is 75.5 Å². The van der Waals surface area contributed by atoms with Crippen molar-refractivity contribution in [1.29, 1.82) is 0 Å². The first-order valence-corrected chi connectivity index (χ1v) is 10.1. The molecular formula is C23H20BrNO6. The molecule has 2 aromatic rings. The van der Waals surface area contributed by atoms with Crippen molar-refractivity contribution in [2.75, 3.05) is 25.7 Å². The van der Waals surface area contributed by atoms with Gasteiger partial charge >= 0.3 is 11.9 Å². The van der Waals surface area contributed by atoms with Gasteiger partial charge in [-0.15, -0.1) is 0 Å². The average Bonchev–Trinajstić information content (AvgIpc) is 3.02. The summed E-state index contributed by atoms with van der Waals surface area (Å²) in [7, 11) is 2.53. The van der Waals surface area contributed by atoms with E-state index in [9.17, 15) is 14.4 Å². The lowest BCUT2D eigenvalue weighted by Gasteiger charge is -2.21. The summed E-state index contributed by atoms with van der Waals surface area (Å²) in [5.41, 5.74) is 2.26. The Labute approximate surface area is 188 Å². The lowest BCUT2D eigenvalue weighted by Crippen LogP contribution is -2.18. The zero-order valence-corrected chi connectivity index (χ0v) is 18.8. The molecule has 0 radical (unpaired) electrons. The Morgan fingerprint density at radius 2 is 1.65 bits per heavy atom. The molecule has 0 spiro atoms. The standard InChI is InChI=1S/C23H20BrNO6/c1-14-21(23(28)30-3)22(27)19(25(14)17-8-6-16(24)7-9-17)12-15-4-10-18(11-5-15)31-13-20(26)29-2/h4-12H,13H2,1-3H3/b19-12+. The highest BCUT2D eigenvalue weighted by Gasteiger charge is 2.38. The largest absolute Gasteiger partial charge is 0.482 e. The number of rotatable bonds is 6. The fourth-order valence-electron chi connectivity index (χ4n) is 3.10. The molecule has 0 saturated heterocycles. The van der Waals surface area contributed by atoms with Crippen LogP contribution in [-0.4, -0.2) is 38.5 Å². The van der Waals surface area contributed by atoms with Gasteiger partial charge in [0.15, 0.2) is 6.61 Å². The number of Topliss-reactive ketones (excluding diaryl/α,β-unsaturated/α-hetero) is 1. The number of allylic oxidation sites excluding steroid dienone is 2. The predicted molar refractivity (Wildman–Crippen MR) is 118 cm³/mol. The van der Waals surface area contributed by atoms with Crippen LogP contribution >= 0.6 is 15.9 Å². The van der Waals surface area contributed by atoms with E-state index in [0.717, 1.165) is 15.7 Å². The molecule has 1 aliphatic rings. The fraction of sp³-hybridized carbons (Fsp3) is 0.174. The topological polar surface area (TPSA) is 82.1 Å². The fourth-order valence-corrected chi connectivity index (χ4v) is 3.37. The molecule has 7 nitrogen and oxygen atoms in total. The zero-order valence-electron chi connectivity index (χ0n) is 17.2. The lowest BCUT2D eigenvalue weighted by molar-refractivity contribution is -0.143. The third kappa shape index (κ3) is 4.86. The molecular weight excluding hydrogens is 466 g/mol. The van der Waals surface area contributed by atoms with Crippen LogP contribution in [0.1, 0.15) is 12.5 Å². The molecule has 1 heterocycles. The summed E-state index contributed by atoms with van der Waals surface area (Å²) in [5.74, 6) is -1.10. The molecule has 0 aromatic heterocycles. The average molecular weight is 486 g/mol. The van der Waals surface area contributed by atoms with Gasteiger partial charge in [-0.2, -0.15) is 0 Å². The van der Waals surface area contributed by atoms with E-state index in [1.165, 1.54) is 14.2 Å². The molecule has 31 heavy (non-hydrogen) atoms. The Balaban J connectivity index is 1.96. The van der Waals surface area contributed by atoms with Crippen molar-refractivity contribution in [2.45, 2.75) is 6.92 Å². The van der Waals surface area contributed by atoms with Crippen LogP contribution in [0.25, 0.3) is 6.08 Å². The molecule has 3 rings (SSSR count). The second-order valence-corrected chi connectivity index (χ2v) is 7.47. The summed E-state index contributed by atoms with van der Waals surface area (Å²) >= 11 is 3.40. The summed E-state index contributed by atoms with van der Waals surface area (Å²) in [4.78, 5) is 38.3. The second-order valence-electron chi connectivity index (χ2n) is 6.56. The highest BCUT2D eigenvalue weighted by molar-refractivity contribution is 9.10. The third-order valence-corrected chi connectivity index (χ3v) is 5.17. The van der Waals surface area contributed by atoms with Gasteiger partial charge < -0.3 is 19.1 Å². The Morgan fingerprint density at radius 3 is 2.23 bits per heavy atom. The number of methoxy groups -OCH3 is 2. The van der Waals surface area contributed by atoms with E-state index in [1.54, 1.807) is 42.2 Å². The number of nitrogens with zero attached hydrogens (tertiary/aromatic N) is 1. The first-order valence-electron chi connectivity index (χ1n) is 9.26. The van der Waals surface area contributed by atoms with E-state index in [4.69, 9.17) is 9.47 Å². The SMILES string of the molecule is COC(=O)COc1ccc(/C=C2\C(=O)C(C(=O)OC)=C(C)N2c2ccc(Br)cc2)cc1. The van der Waals surface area contributed by atoms with Crippen LogP contribution in [0.3, 0.4) is 0 Å². The monoisotopic (exact) mass is 485 g/mol. The molecule has 0 aliphatic carbocycles. The van der Waals surface area contributed by atoms with Gasteiger partial charge in [0.2, 0.25) is 5.78 Å². The molecule has 0 amide bonds. The van der Waals surface area contributed by atoms with Crippen LogP contribution in [0.15, 0.2) is 70.0 Å². The number of benzene rings is 2. The summed E-state index contributed by atoms with van der Waals surface area (Å²) < 4.78 is 15.6. The number of esters is 2. The summed E-state index contributed by atoms with van der Waals surface area (Å²) in [6.07, 6.45) is 1.69. The summed E-state index contributed by atoms with van der Waals surface area (Å²) in [5, 5.41) is 0. The maximum atomic E-state index is 13.1. The number of carbonyl (C=O) groups is 3. The minimum atomic E-state index is -0.681. The number of anilines is 1. The minimum absolute atomic E-state index is 0.00491. The van der Waals surface area contributed by atoms with E-state index >= 15 is 0 Å². The van der Waals surface area contributed by atoms with Crippen LogP contribution in [0.4, 0.5) is 5.69 Å². The van der Waals surface area contributed by atoms with Crippen LogP contribution in [0.2, 0.25) is 0 Å². The third-order valence-electron chi connectivity index (χ3n) is 4.64. The van der Waals surface area contributed by atoms with Crippen molar-refractivity contribution in [2.24, 2.45) is 0 Å². The summed E-state index contributed by atoms with van der Waals surface area (Å²) in [6.45, 7) is 1.51. The highest BCUT2D eigenvalue weighted by atomic mass is 79.9. The number of hydrogen-bond acceptors (Lipinski definition) is 7. The van der Waals surface area contributed by atoms with Crippen LogP contribution in [-0.2, 0) is 23.9 Å². The zero-order chi connectivity index (χ0) is 22.5. The number of carbonyl (C=O) groups excluding carboxylic acids is 3. The quantitative estimate of drug-likeness (QED) is 0.348. The molecule has 0 atom stereocenters. The molecule has 0 fully saturated rings. The maximum absolute atomic E-state index is 13.1. The molecule has 8 heteroatoms. The van der Waals surface area contributed by atoms with Crippen LogP contribution in [0, 0.1) is 0 Å². The molecule has 0 N–H and O–H groups in total. The van der Waals surface area contributed by atoms with Gasteiger partial charge in [0, 0.05) is 15.9 Å². The highest BCUT2D eigenvalue weighted by Crippen LogP contribution is 2.36. The first kappa shape index (κ1) is 22.3. The number of ether oxygens (including phenoxy) is 3. The molecule has 160 valence electrons. The van der Waals surface area contributed by atoms with E-state index < -0.39 is 17.7 Å². The lowest BCUT2D eigenvalue weighted by atomic mass is 10.1. The maximum Gasteiger partial charge on any atom is 0.343 e. The molecule has 2 aromatic carbocycles. The van der Waals surface area contributed by atoms with Crippen molar-refractivity contribution in [1.82, 2.24) is 0 Å². The second kappa shape index (κ2) is 9.61. The minimum Gasteiger partial charge on any atom is -0.482 e. The van der Waals surface area contributed by atoms with Crippen molar-refractivity contribution in [3.8, 4) is 5.75 Å². The van der Waals surface area contributed by atoms with Crippen LogP contribution in [0.5, 0.6) is 5.75 Å². The van der Waals surface area contributed by atoms with E-state index in [-0.39, 0.29) is 12.2 Å². The van der Waals surface area contributed by atoms with Gasteiger partial charge in [-0.1, -0.05) is 28.1 Å². The van der Waals surface area contributed by atoms with E-state index in [1.807, 2.05) is 24.3 Å². The van der Waals surface area contributed by atoms with Gasteiger partial charge in [-0.3, -0.25) is 4.79 Å². The normalized spacial score (nSPS) is 14.8. The molecule has 0 saturated carbocycles. The van der Waals surface area contributed by atoms with Gasteiger partial charge in [-0.05, 0) is 55.0 Å². The van der Waals surface area contributed by atoms with Gasteiger partial charge in [0.25, 0.3) is 0 Å². The van der Waals surface area contributed by atoms with Gasteiger partial charge in [-0.25, -0.2) is 9.59 Å². The predicted octanol–water partition coefficient (Wildman–Crippen LogP) is 3.88. The first-order chi connectivity index (χ1) is 14.8. The van der Waals surface area contributed by atoms with E-state index in [0.29, 0.717) is 17.1 Å². The molecule has 0 unspecified atom stereocenters. The Bertz CT molecular complexity index is 1070. The molecule has 0 bridgehead atoms. The smallest absolute Gasteiger partial charge is 0.343 e. The Hall–Kier alpha value is -3.39. The number of ketones is 1. The summed E-state index contributed by atoms with van der Waals surface area (Å²) in [6, 6.07) is 14.3. The van der Waals surface area contributed by atoms with Crippen molar-refractivity contribution >= 4 is 45.4 Å². The number of hydrogen-bond donors (Lipinski definition) is 0. The van der Waals surface area contributed by atoms with Gasteiger partial charge in [0.05, 0.1) is 19.9 Å². The number of halogens is 1.